The van der Waals surface area contributed by atoms with Crippen molar-refractivity contribution in [3.05, 3.63) is 83.1 Å². The number of rotatable bonds is 3. The Hall–Kier alpha value is -2.23. The molecule has 0 saturated carbocycles. The van der Waals surface area contributed by atoms with Gasteiger partial charge < -0.3 is 14.2 Å². The summed E-state index contributed by atoms with van der Waals surface area (Å²) in [5.74, 6) is 0. The Labute approximate surface area is 147 Å². The minimum absolute atomic E-state index is 0.0588. The summed E-state index contributed by atoms with van der Waals surface area (Å²) in [5, 5.41) is 0.738. The van der Waals surface area contributed by atoms with E-state index in [0.29, 0.717) is 0 Å². The van der Waals surface area contributed by atoms with Gasteiger partial charge in [-0.05, 0) is 37.3 Å². The first-order valence-electron chi connectivity index (χ1n) is 8.10. The van der Waals surface area contributed by atoms with Crippen LogP contribution in [0.5, 0.6) is 0 Å². The summed E-state index contributed by atoms with van der Waals surface area (Å²) >= 11 is 6.30. The number of nitrogens with zero attached hydrogens (tertiary/aromatic N) is 2. The van der Waals surface area contributed by atoms with Crippen LogP contribution in [0.1, 0.15) is 17.4 Å². The molecule has 0 aliphatic carbocycles. The summed E-state index contributed by atoms with van der Waals surface area (Å²) in [6.45, 7) is 3.73. The Kier molecular flexibility index (Phi) is 4.05. The van der Waals surface area contributed by atoms with E-state index < -0.39 is 0 Å². The fourth-order valence-electron chi connectivity index (χ4n) is 3.12. The van der Waals surface area contributed by atoms with E-state index in [1.165, 1.54) is 11.3 Å². The first kappa shape index (κ1) is 15.3. The highest BCUT2D eigenvalue weighted by Crippen LogP contribution is 2.33. The number of ether oxygens (including phenoxy) is 1. The zero-order valence-electron chi connectivity index (χ0n) is 13.5. The van der Waals surface area contributed by atoms with E-state index in [2.05, 4.69) is 48.4 Å². The Bertz CT molecular complexity index is 841. The lowest BCUT2D eigenvalue weighted by atomic mass is 10.2. The molecule has 0 amide bonds. The van der Waals surface area contributed by atoms with Crippen LogP contribution in [0, 0.1) is 6.92 Å². The third-order valence-corrected chi connectivity index (χ3v) is 4.71. The highest BCUT2D eigenvalue weighted by Gasteiger charge is 2.27. The lowest BCUT2D eigenvalue weighted by Gasteiger charge is -2.24. The van der Waals surface area contributed by atoms with Gasteiger partial charge in [-0.1, -0.05) is 41.4 Å². The van der Waals surface area contributed by atoms with Gasteiger partial charge in [0.1, 0.15) is 0 Å². The Morgan fingerprint density at radius 3 is 2.62 bits per heavy atom. The predicted molar refractivity (Wildman–Crippen MR) is 98.0 cm³/mol. The third-order valence-electron chi connectivity index (χ3n) is 4.39. The molecule has 1 saturated heterocycles. The van der Waals surface area contributed by atoms with E-state index >= 15 is 0 Å². The largest absolute Gasteiger partial charge is 0.352 e. The fraction of sp³-hybridized carbons (Fsp3) is 0.200. The third kappa shape index (κ3) is 2.81. The number of hydrogen-bond acceptors (Lipinski definition) is 2. The first-order valence-corrected chi connectivity index (χ1v) is 8.48. The second-order valence-electron chi connectivity index (χ2n) is 6.06. The molecule has 0 bridgehead atoms. The number of halogens is 1. The number of aryl methyl sites for hydroxylation is 1. The van der Waals surface area contributed by atoms with Gasteiger partial charge in [0.15, 0.2) is 6.23 Å². The minimum Gasteiger partial charge on any atom is -0.352 e. The van der Waals surface area contributed by atoms with Crippen LogP contribution in [-0.2, 0) is 4.74 Å². The smallest absolute Gasteiger partial charge is 0.158 e. The summed E-state index contributed by atoms with van der Waals surface area (Å²) in [5.41, 5.74) is 4.56. The van der Waals surface area contributed by atoms with Gasteiger partial charge in [-0.3, -0.25) is 0 Å². The van der Waals surface area contributed by atoms with Gasteiger partial charge >= 0.3 is 0 Å². The maximum Gasteiger partial charge on any atom is 0.158 e. The van der Waals surface area contributed by atoms with E-state index in [-0.39, 0.29) is 6.23 Å². The van der Waals surface area contributed by atoms with Gasteiger partial charge in [0, 0.05) is 30.2 Å². The van der Waals surface area contributed by atoms with Gasteiger partial charge in [0.25, 0.3) is 0 Å². The Morgan fingerprint density at radius 2 is 1.83 bits per heavy atom. The summed E-state index contributed by atoms with van der Waals surface area (Å²) in [7, 11) is 0. The number of para-hydroxylation sites is 1. The number of benzene rings is 2. The molecule has 2 aromatic carbocycles. The highest BCUT2D eigenvalue weighted by atomic mass is 35.5. The van der Waals surface area contributed by atoms with Crippen molar-refractivity contribution in [1.82, 2.24) is 4.57 Å². The van der Waals surface area contributed by atoms with Crippen molar-refractivity contribution < 1.29 is 4.74 Å². The van der Waals surface area contributed by atoms with E-state index in [4.69, 9.17) is 16.3 Å². The maximum absolute atomic E-state index is 6.30. The standard InChI is InChI=1S/C20H19ClN2O/c1-15-6-8-17(9-7-15)23-12-13-24-20(23)16-10-11-22(14-16)19-5-3-2-4-18(19)21/h2-11,14,20H,12-13H2,1H3/t20-/m0/s1. The molecule has 4 heteroatoms. The first-order chi connectivity index (χ1) is 11.7. The molecule has 3 nitrogen and oxygen atoms in total. The minimum atomic E-state index is -0.0588. The van der Waals surface area contributed by atoms with Crippen LogP contribution in [0.3, 0.4) is 0 Å². The normalized spacial score (nSPS) is 17.4. The van der Waals surface area contributed by atoms with Crippen molar-refractivity contribution >= 4 is 17.3 Å². The molecule has 1 aromatic heterocycles. The summed E-state index contributed by atoms with van der Waals surface area (Å²) in [4.78, 5) is 2.30. The predicted octanol–water partition coefficient (Wildman–Crippen LogP) is 4.97. The molecule has 4 rings (SSSR count). The van der Waals surface area contributed by atoms with Crippen molar-refractivity contribution in [2.45, 2.75) is 13.2 Å². The second-order valence-corrected chi connectivity index (χ2v) is 6.46. The fourth-order valence-corrected chi connectivity index (χ4v) is 3.35. The van der Waals surface area contributed by atoms with Crippen molar-refractivity contribution in [1.29, 1.82) is 0 Å². The summed E-state index contributed by atoms with van der Waals surface area (Å²) < 4.78 is 8.04. The second kappa shape index (κ2) is 6.34. The van der Waals surface area contributed by atoms with Gasteiger partial charge in [-0.25, -0.2) is 0 Å². The molecule has 0 N–H and O–H groups in total. The zero-order valence-corrected chi connectivity index (χ0v) is 14.3. The molecular formula is C20H19ClN2O. The number of anilines is 1. The summed E-state index contributed by atoms with van der Waals surface area (Å²) in [6, 6.07) is 18.5. The van der Waals surface area contributed by atoms with Crippen molar-refractivity contribution in [3.8, 4) is 5.69 Å². The average Bonchev–Trinajstić information content (AvgIpc) is 3.25. The SMILES string of the molecule is Cc1ccc(N2CCO[C@H]2c2ccn(-c3ccccc3Cl)c2)cc1. The monoisotopic (exact) mass is 338 g/mol. The van der Waals surface area contributed by atoms with Crippen molar-refractivity contribution in [3.63, 3.8) is 0 Å². The molecule has 1 fully saturated rings. The van der Waals surface area contributed by atoms with Crippen LogP contribution in [0.2, 0.25) is 5.02 Å². The maximum atomic E-state index is 6.30. The molecule has 0 spiro atoms. The van der Waals surface area contributed by atoms with Crippen LogP contribution in [0.4, 0.5) is 5.69 Å². The lowest BCUT2D eigenvalue weighted by Crippen LogP contribution is -2.22. The number of aromatic nitrogens is 1. The van der Waals surface area contributed by atoms with Crippen LogP contribution in [0.15, 0.2) is 67.0 Å². The lowest BCUT2D eigenvalue weighted by molar-refractivity contribution is 0.114. The summed E-state index contributed by atoms with van der Waals surface area (Å²) in [6.07, 6.45) is 4.07. The average molecular weight is 339 g/mol. The van der Waals surface area contributed by atoms with Gasteiger partial charge in [-0.2, -0.15) is 0 Å². The quantitative estimate of drug-likeness (QED) is 0.670. The molecule has 1 atom stereocenters. The van der Waals surface area contributed by atoms with Crippen LogP contribution >= 0.6 is 11.6 Å². The van der Waals surface area contributed by atoms with Crippen LogP contribution < -0.4 is 4.90 Å². The highest BCUT2D eigenvalue weighted by molar-refractivity contribution is 6.32. The molecule has 1 aliphatic rings. The van der Waals surface area contributed by atoms with Gasteiger partial charge in [-0.15, -0.1) is 0 Å². The van der Waals surface area contributed by atoms with Crippen LogP contribution in [0.25, 0.3) is 5.69 Å². The molecule has 0 radical (unpaired) electrons. The zero-order chi connectivity index (χ0) is 16.5. The van der Waals surface area contributed by atoms with Crippen molar-refractivity contribution in [2.75, 3.05) is 18.1 Å². The molecule has 0 unspecified atom stereocenters. The number of hydrogen-bond donors (Lipinski definition) is 0. The van der Waals surface area contributed by atoms with Crippen LogP contribution in [-0.4, -0.2) is 17.7 Å². The molecule has 2 heterocycles. The topological polar surface area (TPSA) is 17.4 Å². The molecular weight excluding hydrogens is 320 g/mol. The molecule has 1 aliphatic heterocycles. The Morgan fingerprint density at radius 1 is 1.04 bits per heavy atom. The van der Waals surface area contributed by atoms with E-state index in [0.717, 1.165) is 29.4 Å². The Balaban J connectivity index is 1.64. The van der Waals surface area contributed by atoms with Gasteiger partial charge in [0.05, 0.1) is 17.3 Å². The molecule has 122 valence electrons. The van der Waals surface area contributed by atoms with Gasteiger partial charge in [0.2, 0.25) is 0 Å². The molecule has 3 aromatic rings. The van der Waals surface area contributed by atoms with E-state index in [1.54, 1.807) is 0 Å². The van der Waals surface area contributed by atoms with E-state index in [1.807, 2.05) is 35.0 Å². The van der Waals surface area contributed by atoms with E-state index in [9.17, 15) is 0 Å². The molecule has 24 heavy (non-hydrogen) atoms. The van der Waals surface area contributed by atoms with Crippen molar-refractivity contribution in [2.24, 2.45) is 0 Å².